The fourth-order valence-corrected chi connectivity index (χ4v) is 4.25. The molecule has 142 valence electrons. The van der Waals surface area contributed by atoms with Crippen LogP contribution in [-0.2, 0) is 16.4 Å². The minimum atomic E-state index is -2.91. The molecule has 1 aromatic rings. The minimum absolute atomic E-state index is 0. The third-order valence-electron chi connectivity index (χ3n) is 3.78. The summed E-state index contributed by atoms with van der Waals surface area (Å²) in [7, 11) is 0.360. The Labute approximate surface area is 166 Å². The average Bonchev–Trinajstić information content (AvgIpc) is 2.91. The zero-order valence-electron chi connectivity index (χ0n) is 14.7. The molecular weight excluding hydrogens is 457 g/mol. The minimum Gasteiger partial charge on any atom is -0.493 e. The number of nitrogens with one attached hydrogen (secondary N) is 2. The fraction of sp³-hybridized carbons (Fsp3) is 0.562. The number of hydrogen-bond acceptors (Lipinski definition) is 5. The molecule has 0 aromatic heterocycles. The highest BCUT2D eigenvalue weighted by Crippen LogP contribution is 2.27. The molecule has 0 bridgehead atoms. The zero-order valence-corrected chi connectivity index (χ0v) is 17.9. The van der Waals surface area contributed by atoms with E-state index >= 15 is 0 Å². The summed E-state index contributed by atoms with van der Waals surface area (Å²) in [5.41, 5.74) is 1.01. The van der Waals surface area contributed by atoms with Crippen LogP contribution in [0.1, 0.15) is 18.9 Å². The van der Waals surface area contributed by atoms with Gasteiger partial charge in [-0.25, -0.2) is 8.42 Å². The van der Waals surface area contributed by atoms with Crippen molar-refractivity contribution in [3.63, 3.8) is 0 Å². The summed E-state index contributed by atoms with van der Waals surface area (Å²) >= 11 is 0. The number of benzene rings is 1. The molecule has 9 heteroatoms. The van der Waals surface area contributed by atoms with Crippen LogP contribution < -0.4 is 20.1 Å². The van der Waals surface area contributed by atoms with Gasteiger partial charge >= 0.3 is 0 Å². The molecule has 25 heavy (non-hydrogen) atoms. The molecule has 1 heterocycles. The van der Waals surface area contributed by atoms with Gasteiger partial charge in [0.1, 0.15) is 0 Å². The summed E-state index contributed by atoms with van der Waals surface area (Å²) in [6.07, 6.45) is 0.611. The van der Waals surface area contributed by atoms with E-state index in [0.717, 1.165) is 5.56 Å². The van der Waals surface area contributed by atoms with Crippen LogP contribution in [0.15, 0.2) is 23.2 Å². The van der Waals surface area contributed by atoms with Crippen LogP contribution in [0.3, 0.4) is 0 Å². The normalized spacial score (nSPS) is 19.0. The second kappa shape index (κ2) is 10.0. The van der Waals surface area contributed by atoms with Crippen molar-refractivity contribution in [2.45, 2.75) is 25.9 Å². The van der Waals surface area contributed by atoms with Gasteiger partial charge in [-0.2, -0.15) is 0 Å². The van der Waals surface area contributed by atoms with Crippen LogP contribution in [0, 0.1) is 0 Å². The lowest BCUT2D eigenvalue weighted by Crippen LogP contribution is -2.43. The first-order valence-corrected chi connectivity index (χ1v) is 9.77. The van der Waals surface area contributed by atoms with Crippen molar-refractivity contribution < 1.29 is 17.9 Å². The summed E-state index contributed by atoms with van der Waals surface area (Å²) in [6.45, 7) is 3.05. The number of sulfone groups is 1. The van der Waals surface area contributed by atoms with E-state index in [2.05, 4.69) is 15.6 Å². The lowest BCUT2D eigenvalue weighted by molar-refractivity contribution is 0.310. The Kier molecular flexibility index (Phi) is 8.77. The summed E-state index contributed by atoms with van der Waals surface area (Å²) in [4.78, 5) is 4.15. The third kappa shape index (κ3) is 6.53. The van der Waals surface area contributed by atoms with Crippen molar-refractivity contribution in [2.24, 2.45) is 4.99 Å². The van der Waals surface area contributed by atoms with Gasteiger partial charge in [-0.05, 0) is 31.0 Å². The quantitative estimate of drug-likeness (QED) is 0.363. The monoisotopic (exact) mass is 483 g/mol. The molecule has 1 aliphatic heterocycles. The maximum absolute atomic E-state index is 11.5. The Morgan fingerprint density at radius 3 is 2.68 bits per heavy atom. The van der Waals surface area contributed by atoms with Crippen LogP contribution in [0.4, 0.5) is 0 Å². The highest BCUT2D eigenvalue weighted by molar-refractivity contribution is 14.0. The standard InChI is InChI=1S/C16H25N3O4S.HI/c1-4-23-14-6-5-12(9-15(14)22-3)10-18-16(17-2)19-13-7-8-24(20,21)11-13;/h5-6,9,13H,4,7-8,10-11H2,1-3H3,(H2,17,18,19);1H. The van der Waals surface area contributed by atoms with Gasteiger partial charge in [-0.3, -0.25) is 4.99 Å². The average molecular weight is 483 g/mol. The first-order chi connectivity index (χ1) is 11.5. The largest absolute Gasteiger partial charge is 0.493 e. The van der Waals surface area contributed by atoms with E-state index < -0.39 is 9.84 Å². The van der Waals surface area contributed by atoms with E-state index in [9.17, 15) is 8.42 Å². The number of halogens is 1. The maximum Gasteiger partial charge on any atom is 0.191 e. The van der Waals surface area contributed by atoms with Crippen molar-refractivity contribution in [3.8, 4) is 11.5 Å². The van der Waals surface area contributed by atoms with Crippen LogP contribution in [0.5, 0.6) is 11.5 Å². The van der Waals surface area contributed by atoms with Crippen molar-refractivity contribution in [3.05, 3.63) is 23.8 Å². The molecule has 1 aliphatic rings. The molecule has 2 N–H and O–H groups in total. The van der Waals surface area contributed by atoms with Gasteiger partial charge in [0.2, 0.25) is 0 Å². The van der Waals surface area contributed by atoms with E-state index in [4.69, 9.17) is 9.47 Å². The lowest BCUT2D eigenvalue weighted by Gasteiger charge is -2.17. The highest BCUT2D eigenvalue weighted by atomic mass is 127. The second-order valence-corrected chi connectivity index (χ2v) is 7.82. The van der Waals surface area contributed by atoms with Gasteiger partial charge in [0.25, 0.3) is 0 Å². The molecule has 1 unspecified atom stereocenters. The lowest BCUT2D eigenvalue weighted by atomic mass is 10.2. The van der Waals surface area contributed by atoms with Crippen LogP contribution >= 0.6 is 24.0 Å². The molecule has 2 rings (SSSR count). The van der Waals surface area contributed by atoms with Gasteiger partial charge in [0, 0.05) is 19.6 Å². The summed E-state index contributed by atoms with van der Waals surface area (Å²) in [5.74, 6) is 2.37. The Bertz CT molecular complexity index is 695. The molecule has 1 atom stereocenters. The topological polar surface area (TPSA) is 89.0 Å². The third-order valence-corrected chi connectivity index (χ3v) is 5.55. The molecular formula is C16H26IN3O4S. The van der Waals surface area contributed by atoms with E-state index in [-0.39, 0.29) is 41.5 Å². The number of methoxy groups -OCH3 is 1. The fourth-order valence-electron chi connectivity index (χ4n) is 2.58. The van der Waals surface area contributed by atoms with Crippen LogP contribution in [0.25, 0.3) is 0 Å². The van der Waals surface area contributed by atoms with Gasteiger partial charge < -0.3 is 20.1 Å². The molecule has 0 amide bonds. The van der Waals surface area contributed by atoms with Gasteiger partial charge in [0.05, 0.1) is 25.2 Å². The van der Waals surface area contributed by atoms with Gasteiger partial charge in [0.15, 0.2) is 27.3 Å². The van der Waals surface area contributed by atoms with E-state index in [1.807, 2.05) is 25.1 Å². The molecule has 1 aromatic carbocycles. The highest BCUT2D eigenvalue weighted by Gasteiger charge is 2.28. The Morgan fingerprint density at radius 1 is 1.36 bits per heavy atom. The van der Waals surface area contributed by atoms with E-state index in [0.29, 0.717) is 37.0 Å². The van der Waals surface area contributed by atoms with Crippen molar-refractivity contribution in [2.75, 3.05) is 32.3 Å². The first-order valence-electron chi connectivity index (χ1n) is 7.94. The predicted molar refractivity (Wildman–Crippen MR) is 110 cm³/mol. The molecule has 1 fully saturated rings. The van der Waals surface area contributed by atoms with Crippen LogP contribution in [-0.4, -0.2) is 52.7 Å². The second-order valence-electron chi connectivity index (χ2n) is 5.59. The van der Waals surface area contributed by atoms with Crippen molar-refractivity contribution in [1.29, 1.82) is 0 Å². The number of ether oxygens (including phenoxy) is 2. The smallest absolute Gasteiger partial charge is 0.191 e. The Morgan fingerprint density at radius 2 is 2.12 bits per heavy atom. The van der Waals surface area contributed by atoms with E-state index in [1.165, 1.54) is 0 Å². The number of rotatable bonds is 6. The van der Waals surface area contributed by atoms with Crippen molar-refractivity contribution in [1.82, 2.24) is 10.6 Å². The molecule has 0 saturated carbocycles. The van der Waals surface area contributed by atoms with Gasteiger partial charge in [-0.15, -0.1) is 24.0 Å². The Balaban J connectivity index is 0.00000312. The number of guanidine groups is 1. The van der Waals surface area contributed by atoms with Crippen LogP contribution in [0.2, 0.25) is 0 Å². The molecule has 0 spiro atoms. The van der Waals surface area contributed by atoms with Crippen molar-refractivity contribution >= 4 is 39.8 Å². The molecule has 7 nitrogen and oxygen atoms in total. The first kappa shape index (κ1) is 21.8. The predicted octanol–water partition coefficient (Wildman–Crippen LogP) is 1.56. The van der Waals surface area contributed by atoms with Gasteiger partial charge in [-0.1, -0.05) is 6.07 Å². The SMILES string of the molecule is CCOc1ccc(CNC(=NC)NC2CCS(=O)(=O)C2)cc1OC.I. The summed E-state index contributed by atoms with van der Waals surface area (Å²) in [6, 6.07) is 5.65. The zero-order chi connectivity index (χ0) is 17.6. The molecule has 1 saturated heterocycles. The number of aliphatic imine (C=N–C) groups is 1. The number of hydrogen-bond donors (Lipinski definition) is 2. The van der Waals surface area contributed by atoms with E-state index in [1.54, 1.807) is 14.2 Å². The number of nitrogens with zero attached hydrogens (tertiary/aromatic N) is 1. The summed E-state index contributed by atoms with van der Waals surface area (Å²) < 4.78 is 33.9. The molecule has 0 aliphatic carbocycles. The molecule has 0 radical (unpaired) electrons. The maximum atomic E-state index is 11.5. The summed E-state index contributed by atoms with van der Waals surface area (Å²) in [5, 5.41) is 6.35. The Hall–Kier alpha value is -1.23.